The number of carbonyl (C=O) groups is 1. The Hall–Kier alpha value is -1.67. The monoisotopic (exact) mass is 349 g/mol. The Morgan fingerprint density at radius 1 is 1.36 bits per heavy atom. The van der Waals surface area contributed by atoms with Gasteiger partial charge in [-0.3, -0.25) is 5.10 Å². The van der Waals surface area contributed by atoms with Gasteiger partial charge in [0.05, 0.1) is 12.2 Å². The number of carbonyl (C=O) groups excluding carboxylic acids is 1. The second-order valence-electron chi connectivity index (χ2n) is 7.31. The zero-order valence-corrected chi connectivity index (χ0v) is 14.7. The van der Waals surface area contributed by atoms with E-state index in [2.05, 4.69) is 20.5 Å². The van der Waals surface area contributed by atoms with Gasteiger partial charge in [-0.15, -0.1) is 0 Å². The fourth-order valence-electron chi connectivity index (χ4n) is 3.64. The molecule has 3 aliphatic rings. The number of hydrogen-bond donors (Lipinski definition) is 2. The van der Waals surface area contributed by atoms with E-state index in [1.54, 1.807) is 7.11 Å². The summed E-state index contributed by atoms with van der Waals surface area (Å²) in [5, 5.41) is 10.3. The molecule has 2 N–H and O–H groups in total. The normalized spacial score (nSPS) is 29.8. The van der Waals surface area contributed by atoms with Crippen LogP contribution in [0.15, 0.2) is 0 Å². The molecule has 2 amide bonds. The molecule has 3 fully saturated rings. The van der Waals surface area contributed by atoms with Crippen LogP contribution in [0.5, 0.6) is 0 Å². The van der Waals surface area contributed by atoms with E-state index in [0.717, 1.165) is 43.9 Å². The first-order chi connectivity index (χ1) is 12.2. The van der Waals surface area contributed by atoms with Crippen molar-refractivity contribution in [3.63, 3.8) is 0 Å². The minimum Gasteiger partial charge on any atom is -0.380 e. The van der Waals surface area contributed by atoms with Gasteiger partial charge in [0.25, 0.3) is 0 Å². The summed E-state index contributed by atoms with van der Waals surface area (Å²) in [6, 6.07) is -0.0236. The highest BCUT2D eigenvalue weighted by molar-refractivity contribution is 5.74. The molecule has 8 heteroatoms. The molecule has 1 unspecified atom stereocenters. The molecule has 1 aliphatic carbocycles. The molecule has 3 atom stereocenters. The van der Waals surface area contributed by atoms with Crippen molar-refractivity contribution in [3.8, 4) is 0 Å². The van der Waals surface area contributed by atoms with E-state index in [1.807, 2.05) is 4.90 Å². The first kappa shape index (κ1) is 16.8. The highest BCUT2D eigenvalue weighted by atomic mass is 16.5. The highest BCUT2D eigenvalue weighted by Gasteiger charge is 2.33. The van der Waals surface area contributed by atoms with Crippen LogP contribution in [0.25, 0.3) is 0 Å². The Labute approximate surface area is 147 Å². The lowest BCUT2D eigenvalue weighted by Crippen LogP contribution is -2.48. The number of aromatic nitrogens is 3. The van der Waals surface area contributed by atoms with Gasteiger partial charge >= 0.3 is 6.03 Å². The second-order valence-corrected chi connectivity index (χ2v) is 7.31. The molecule has 0 bridgehead atoms. The van der Waals surface area contributed by atoms with Crippen molar-refractivity contribution in [2.45, 2.75) is 62.8 Å². The summed E-state index contributed by atoms with van der Waals surface area (Å²) >= 11 is 0. The molecule has 8 nitrogen and oxygen atoms in total. The largest absolute Gasteiger partial charge is 0.380 e. The van der Waals surface area contributed by atoms with Crippen LogP contribution in [0.2, 0.25) is 0 Å². The molecule has 25 heavy (non-hydrogen) atoms. The molecule has 1 aromatic heterocycles. The Kier molecular flexibility index (Phi) is 4.89. The summed E-state index contributed by atoms with van der Waals surface area (Å²) < 4.78 is 11.4. The van der Waals surface area contributed by atoms with E-state index >= 15 is 0 Å². The molecular weight excluding hydrogens is 322 g/mol. The minimum absolute atomic E-state index is 0.0236. The Morgan fingerprint density at radius 3 is 3.04 bits per heavy atom. The molecule has 0 radical (unpaired) electrons. The van der Waals surface area contributed by atoms with Gasteiger partial charge in [-0.05, 0) is 38.5 Å². The minimum atomic E-state index is -0.0326. The van der Waals surface area contributed by atoms with Crippen molar-refractivity contribution in [1.82, 2.24) is 25.4 Å². The number of amides is 2. The van der Waals surface area contributed by atoms with Gasteiger partial charge in [-0.2, -0.15) is 5.10 Å². The number of H-pyrrole nitrogens is 1. The molecule has 0 aromatic carbocycles. The van der Waals surface area contributed by atoms with Crippen LogP contribution in [0.1, 0.15) is 62.2 Å². The van der Waals surface area contributed by atoms with Crippen molar-refractivity contribution in [1.29, 1.82) is 0 Å². The fraction of sp³-hybridized carbons (Fsp3) is 0.824. The Morgan fingerprint density at radius 2 is 2.24 bits per heavy atom. The van der Waals surface area contributed by atoms with Crippen LogP contribution < -0.4 is 5.32 Å². The van der Waals surface area contributed by atoms with Gasteiger partial charge in [0.2, 0.25) is 0 Å². The van der Waals surface area contributed by atoms with E-state index < -0.39 is 0 Å². The van der Waals surface area contributed by atoms with Gasteiger partial charge in [-0.1, -0.05) is 0 Å². The zero-order chi connectivity index (χ0) is 17.2. The second kappa shape index (κ2) is 7.29. The maximum atomic E-state index is 12.3. The Bertz CT molecular complexity index is 603. The number of piperidine rings is 1. The summed E-state index contributed by atoms with van der Waals surface area (Å²) in [5.74, 6) is 2.30. The number of hydrogen-bond acceptors (Lipinski definition) is 5. The molecule has 4 rings (SSSR count). The van der Waals surface area contributed by atoms with Gasteiger partial charge in [-0.25, -0.2) is 9.78 Å². The molecule has 3 heterocycles. The van der Waals surface area contributed by atoms with Crippen molar-refractivity contribution in [3.05, 3.63) is 11.6 Å². The van der Waals surface area contributed by atoms with Gasteiger partial charge in [0.15, 0.2) is 11.6 Å². The van der Waals surface area contributed by atoms with Crippen LogP contribution in [0.3, 0.4) is 0 Å². The maximum absolute atomic E-state index is 12.3. The van der Waals surface area contributed by atoms with Crippen LogP contribution in [0, 0.1) is 0 Å². The Balaban J connectivity index is 1.23. The number of methoxy groups -OCH3 is 1. The predicted molar refractivity (Wildman–Crippen MR) is 90.2 cm³/mol. The first-order valence-corrected chi connectivity index (χ1v) is 9.36. The molecule has 2 saturated heterocycles. The third-order valence-electron chi connectivity index (χ3n) is 5.35. The van der Waals surface area contributed by atoms with Crippen molar-refractivity contribution >= 4 is 6.03 Å². The van der Waals surface area contributed by atoms with Crippen molar-refractivity contribution in [2.75, 3.05) is 26.7 Å². The van der Waals surface area contributed by atoms with Crippen LogP contribution >= 0.6 is 0 Å². The quantitative estimate of drug-likeness (QED) is 0.844. The zero-order valence-electron chi connectivity index (χ0n) is 14.7. The molecule has 138 valence electrons. The lowest BCUT2D eigenvalue weighted by molar-refractivity contribution is 0.0340. The molecule has 1 aromatic rings. The lowest BCUT2D eigenvalue weighted by atomic mass is 10.1. The SMILES string of the molecule is COC1CCCN(C(=O)NC[C@@H]2CC[C@H](c3nc(C4CC4)n[nH]3)O2)C1. The van der Waals surface area contributed by atoms with E-state index in [1.165, 1.54) is 12.8 Å². The number of urea groups is 1. The van der Waals surface area contributed by atoms with Crippen LogP contribution in [-0.4, -0.2) is 65.1 Å². The smallest absolute Gasteiger partial charge is 0.317 e. The van der Waals surface area contributed by atoms with Crippen molar-refractivity contribution in [2.24, 2.45) is 0 Å². The molecule has 1 saturated carbocycles. The average molecular weight is 349 g/mol. The number of ether oxygens (including phenoxy) is 2. The van der Waals surface area contributed by atoms with E-state index in [4.69, 9.17) is 9.47 Å². The number of nitrogens with zero attached hydrogens (tertiary/aromatic N) is 3. The van der Waals surface area contributed by atoms with E-state index in [-0.39, 0.29) is 24.3 Å². The standard InChI is InChI=1S/C17H27N5O3/c1-24-13-3-2-8-22(10-13)17(23)18-9-12-6-7-14(25-12)16-19-15(20-21-16)11-4-5-11/h11-14H,2-10H2,1H3,(H,18,23)(H,19,20,21)/t12-,13?,14+/m0/s1. The van der Waals surface area contributed by atoms with Crippen LogP contribution in [-0.2, 0) is 9.47 Å². The fourth-order valence-corrected chi connectivity index (χ4v) is 3.64. The van der Waals surface area contributed by atoms with Gasteiger partial charge < -0.3 is 19.7 Å². The summed E-state index contributed by atoms with van der Waals surface area (Å²) in [4.78, 5) is 18.7. The number of rotatable bonds is 5. The summed E-state index contributed by atoms with van der Waals surface area (Å²) in [7, 11) is 1.71. The van der Waals surface area contributed by atoms with Gasteiger partial charge in [0.1, 0.15) is 6.10 Å². The van der Waals surface area contributed by atoms with Crippen molar-refractivity contribution < 1.29 is 14.3 Å². The summed E-state index contributed by atoms with van der Waals surface area (Å²) in [6.07, 6.45) is 6.38. The van der Waals surface area contributed by atoms with E-state index in [9.17, 15) is 4.79 Å². The molecule has 2 aliphatic heterocycles. The summed E-state index contributed by atoms with van der Waals surface area (Å²) in [5.41, 5.74) is 0. The van der Waals surface area contributed by atoms with Crippen LogP contribution in [0.4, 0.5) is 4.79 Å². The highest BCUT2D eigenvalue weighted by Crippen LogP contribution is 2.39. The first-order valence-electron chi connectivity index (χ1n) is 9.36. The number of aromatic amines is 1. The molecular formula is C17H27N5O3. The third-order valence-corrected chi connectivity index (χ3v) is 5.35. The summed E-state index contributed by atoms with van der Waals surface area (Å²) in [6.45, 7) is 1.99. The third kappa shape index (κ3) is 3.95. The maximum Gasteiger partial charge on any atom is 0.317 e. The lowest BCUT2D eigenvalue weighted by Gasteiger charge is -2.32. The van der Waals surface area contributed by atoms with Gasteiger partial charge in [0, 0.05) is 32.7 Å². The number of likely N-dealkylation sites (tertiary alicyclic amines) is 1. The van der Waals surface area contributed by atoms with E-state index in [0.29, 0.717) is 19.0 Å². The number of nitrogens with one attached hydrogen (secondary N) is 2. The average Bonchev–Trinajstić information content (AvgIpc) is 3.19. The predicted octanol–water partition coefficient (Wildman–Crippen LogP) is 1.72. The topological polar surface area (TPSA) is 92.4 Å². The molecule has 0 spiro atoms.